The zero-order chi connectivity index (χ0) is 20.9. The molecule has 2 fully saturated rings. The maximum absolute atomic E-state index is 13.0. The van der Waals surface area contributed by atoms with E-state index in [1.807, 2.05) is 4.90 Å². The van der Waals surface area contributed by atoms with Crippen LogP contribution in [0.1, 0.15) is 40.3 Å². The van der Waals surface area contributed by atoms with E-state index >= 15 is 0 Å². The summed E-state index contributed by atoms with van der Waals surface area (Å²) < 4.78 is 5.21. The molecule has 2 aliphatic rings. The second-order valence-electron chi connectivity index (χ2n) is 7.73. The van der Waals surface area contributed by atoms with E-state index in [4.69, 9.17) is 4.42 Å². The van der Waals surface area contributed by atoms with Crippen LogP contribution in [-0.4, -0.2) is 76.7 Å². The highest BCUT2D eigenvalue weighted by Crippen LogP contribution is 2.22. The Labute approximate surface area is 175 Å². The van der Waals surface area contributed by atoms with Gasteiger partial charge in [-0.05, 0) is 43.5 Å². The molecule has 0 unspecified atom stereocenters. The average Bonchev–Trinajstić information content (AvgIpc) is 3.23. The fraction of sp³-hybridized carbons (Fsp3) is 0.455. The van der Waals surface area contributed by atoms with Crippen molar-refractivity contribution >= 4 is 17.7 Å². The predicted octanol–water partition coefficient (Wildman–Crippen LogP) is 1.90. The van der Waals surface area contributed by atoms with Gasteiger partial charge in [-0.1, -0.05) is 6.07 Å². The molecular weight excluding hydrogens is 384 g/mol. The van der Waals surface area contributed by atoms with Gasteiger partial charge in [0, 0.05) is 51.4 Å². The standard InChI is InChI=1S/C22H26N4O4/c27-20(17-7-12-26(13-8-17)21(28)18-5-1-2-9-23-18)24-10-4-11-25(15-14-24)22(29)19-6-3-16-30-19/h1-3,5-6,9,16-17H,4,7-8,10-15H2. The first-order chi connectivity index (χ1) is 14.6. The van der Waals surface area contributed by atoms with E-state index in [0.29, 0.717) is 63.6 Å². The van der Waals surface area contributed by atoms with Gasteiger partial charge in [-0.3, -0.25) is 19.4 Å². The third kappa shape index (κ3) is 4.37. The predicted molar refractivity (Wildman–Crippen MR) is 109 cm³/mol. The van der Waals surface area contributed by atoms with Gasteiger partial charge in [-0.15, -0.1) is 0 Å². The van der Waals surface area contributed by atoms with Crippen LogP contribution < -0.4 is 0 Å². The molecule has 158 valence electrons. The third-order valence-corrected chi connectivity index (χ3v) is 5.84. The molecule has 0 atom stereocenters. The van der Waals surface area contributed by atoms with Crippen LogP contribution in [0.5, 0.6) is 0 Å². The maximum atomic E-state index is 13.0. The molecule has 2 aliphatic heterocycles. The number of furan rings is 1. The topological polar surface area (TPSA) is 87.0 Å². The highest BCUT2D eigenvalue weighted by molar-refractivity contribution is 5.92. The molecule has 30 heavy (non-hydrogen) atoms. The Morgan fingerprint density at radius 2 is 1.57 bits per heavy atom. The molecule has 0 N–H and O–H groups in total. The quantitative estimate of drug-likeness (QED) is 0.771. The summed E-state index contributed by atoms with van der Waals surface area (Å²) in [5.41, 5.74) is 0.441. The minimum atomic E-state index is -0.129. The summed E-state index contributed by atoms with van der Waals surface area (Å²) in [6, 6.07) is 8.66. The van der Waals surface area contributed by atoms with Crippen molar-refractivity contribution in [2.24, 2.45) is 5.92 Å². The van der Waals surface area contributed by atoms with Gasteiger partial charge in [0.1, 0.15) is 5.69 Å². The first-order valence-corrected chi connectivity index (χ1v) is 10.5. The van der Waals surface area contributed by atoms with Crippen molar-refractivity contribution in [1.82, 2.24) is 19.7 Å². The number of hydrogen-bond donors (Lipinski definition) is 0. The lowest BCUT2D eigenvalue weighted by Gasteiger charge is -2.33. The van der Waals surface area contributed by atoms with Crippen molar-refractivity contribution in [3.8, 4) is 0 Å². The average molecular weight is 410 g/mol. The van der Waals surface area contributed by atoms with Crippen LogP contribution in [0.2, 0.25) is 0 Å². The Bertz CT molecular complexity index is 876. The Kier molecular flexibility index (Phi) is 6.11. The Morgan fingerprint density at radius 3 is 2.27 bits per heavy atom. The van der Waals surface area contributed by atoms with Gasteiger partial charge in [0.25, 0.3) is 11.8 Å². The van der Waals surface area contributed by atoms with E-state index in [1.165, 1.54) is 6.26 Å². The van der Waals surface area contributed by atoms with Crippen LogP contribution in [0, 0.1) is 5.92 Å². The molecule has 2 aromatic rings. The van der Waals surface area contributed by atoms with Crippen molar-refractivity contribution in [1.29, 1.82) is 0 Å². The minimum absolute atomic E-state index is 0.0786. The zero-order valence-corrected chi connectivity index (χ0v) is 16.9. The van der Waals surface area contributed by atoms with Gasteiger partial charge in [-0.2, -0.15) is 0 Å². The summed E-state index contributed by atoms with van der Waals surface area (Å²) >= 11 is 0. The number of carbonyl (C=O) groups excluding carboxylic acids is 3. The lowest BCUT2D eigenvalue weighted by atomic mass is 9.95. The van der Waals surface area contributed by atoms with Crippen LogP contribution in [-0.2, 0) is 4.79 Å². The van der Waals surface area contributed by atoms with Crippen LogP contribution >= 0.6 is 0 Å². The van der Waals surface area contributed by atoms with Crippen LogP contribution in [0.3, 0.4) is 0 Å². The summed E-state index contributed by atoms with van der Waals surface area (Å²) in [7, 11) is 0. The Hall–Kier alpha value is -3.16. The van der Waals surface area contributed by atoms with E-state index < -0.39 is 0 Å². The zero-order valence-electron chi connectivity index (χ0n) is 16.9. The third-order valence-electron chi connectivity index (χ3n) is 5.84. The van der Waals surface area contributed by atoms with Gasteiger partial charge < -0.3 is 19.1 Å². The summed E-state index contributed by atoms with van der Waals surface area (Å²) in [5, 5.41) is 0. The number of nitrogens with zero attached hydrogens (tertiary/aromatic N) is 4. The first-order valence-electron chi connectivity index (χ1n) is 10.5. The van der Waals surface area contributed by atoms with E-state index in [0.717, 1.165) is 6.42 Å². The monoisotopic (exact) mass is 410 g/mol. The van der Waals surface area contributed by atoms with E-state index in [9.17, 15) is 14.4 Å². The van der Waals surface area contributed by atoms with Crippen molar-refractivity contribution in [2.45, 2.75) is 19.3 Å². The fourth-order valence-electron chi connectivity index (χ4n) is 4.14. The molecule has 2 aromatic heterocycles. The van der Waals surface area contributed by atoms with Crippen molar-refractivity contribution in [3.63, 3.8) is 0 Å². The molecule has 0 spiro atoms. The number of likely N-dealkylation sites (tertiary alicyclic amines) is 1. The number of aromatic nitrogens is 1. The number of piperidine rings is 1. The molecule has 0 saturated carbocycles. The van der Waals surface area contributed by atoms with Gasteiger partial charge >= 0.3 is 0 Å². The lowest BCUT2D eigenvalue weighted by Crippen LogP contribution is -2.45. The Balaban J connectivity index is 1.29. The molecular formula is C22H26N4O4. The molecule has 0 aromatic carbocycles. The number of rotatable bonds is 3. The molecule has 2 saturated heterocycles. The molecule has 8 nitrogen and oxygen atoms in total. The Morgan fingerprint density at radius 1 is 0.833 bits per heavy atom. The molecule has 4 heterocycles. The highest BCUT2D eigenvalue weighted by Gasteiger charge is 2.32. The minimum Gasteiger partial charge on any atom is -0.459 e. The van der Waals surface area contributed by atoms with Crippen molar-refractivity contribution < 1.29 is 18.8 Å². The summed E-state index contributed by atoms with van der Waals surface area (Å²) in [6.07, 6.45) is 5.16. The number of pyridine rings is 1. The molecule has 8 heteroatoms. The lowest BCUT2D eigenvalue weighted by molar-refractivity contribution is -0.136. The molecule has 0 aliphatic carbocycles. The normalized spacial score (nSPS) is 18.2. The summed E-state index contributed by atoms with van der Waals surface area (Å²) in [6.45, 7) is 3.40. The second kappa shape index (κ2) is 9.11. The molecule has 4 rings (SSSR count). The second-order valence-corrected chi connectivity index (χ2v) is 7.73. The van der Waals surface area contributed by atoms with Crippen LogP contribution in [0.4, 0.5) is 0 Å². The number of carbonyl (C=O) groups is 3. The van der Waals surface area contributed by atoms with Gasteiger partial charge in [-0.25, -0.2) is 0 Å². The summed E-state index contributed by atoms with van der Waals surface area (Å²) in [4.78, 5) is 47.6. The first kappa shape index (κ1) is 20.1. The smallest absolute Gasteiger partial charge is 0.289 e. The number of amides is 3. The van der Waals surface area contributed by atoms with E-state index in [2.05, 4.69) is 4.98 Å². The number of hydrogen-bond acceptors (Lipinski definition) is 5. The molecule has 0 radical (unpaired) electrons. The van der Waals surface area contributed by atoms with E-state index in [-0.39, 0.29) is 23.6 Å². The van der Waals surface area contributed by atoms with E-state index in [1.54, 1.807) is 46.3 Å². The summed E-state index contributed by atoms with van der Waals surface area (Å²) in [5.74, 6) is 0.177. The highest BCUT2D eigenvalue weighted by atomic mass is 16.3. The largest absolute Gasteiger partial charge is 0.459 e. The fourth-order valence-corrected chi connectivity index (χ4v) is 4.14. The molecule has 0 bridgehead atoms. The SMILES string of the molecule is O=C(c1ccccn1)N1CCC(C(=O)N2CCCN(C(=O)c3ccco3)CC2)CC1. The van der Waals surface area contributed by atoms with Crippen molar-refractivity contribution in [2.75, 3.05) is 39.3 Å². The van der Waals surface area contributed by atoms with Crippen LogP contribution in [0.15, 0.2) is 47.2 Å². The van der Waals surface area contributed by atoms with Gasteiger partial charge in [0.05, 0.1) is 6.26 Å². The van der Waals surface area contributed by atoms with Crippen LogP contribution in [0.25, 0.3) is 0 Å². The van der Waals surface area contributed by atoms with Crippen molar-refractivity contribution in [3.05, 3.63) is 54.2 Å². The molecule has 3 amide bonds. The van der Waals surface area contributed by atoms with Gasteiger partial charge in [0.2, 0.25) is 5.91 Å². The van der Waals surface area contributed by atoms with Gasteiger partial charge in [0.15, 0.2) is 5.76 Å². The maximum Gasteiger partial charge on any atom is 0.289 e.